The van der Waals surface area contributed by atoms with Gasteiger partial charge >= 0.3 is 0 Å². The van der Waals surface area contributed by atoms with E-state index in [1.165, 1.54) is 19.2 Å². The molecule has 1 aliphatic rings. The molecular weight excluding hydrogens is 623 g/mol. The highest BCUT2D eigenvalue weighted by Gasteiger charge is 2.35. The van der Waals surface area contributed by atoms with Crippen LogP contribution in [0.5, 0.6) is 5.75 Å². The standard InChI is InChI=1S/C39H45N3O5S/c1-29-18-20-34(21-19-29)42(48(45,46)36-24-22-35(47-3)23-25-36)28-38(43)41(27-32-15-11-10-12-30(32)2)37(26-31-13-6-4-7-14-31)39(44)40-33-16-8-5-9-17-33/h4,6-7,10-15,18-25,33,37H,5,8-9,16-17,26-28H2,1-3H3,(H,40,44). The first-order chi connectivity index (χ1) is 23.2. The summed E-state index contributed by atoms with van der Waals surface area (Å²) in [4.78, 5) is 30.6. The van der Waals surface area contributed by atoms with Crippen molar-refractivity contribution in [2.75, 3.05) is 18.0 Å². The summed E-state index contributed by atoms with van der Waals surface area (Å²) in [7, 11) is -2.69. The van der Waals surface area contributed by atoms with Crippen LogP contribution in [0.1, 0.15) is 54.4 Å². The first-order valence-corrected chi connectivity index (χ1v) is 18.0. The van der Waals surface area contributed by atoms with Crippen LogP contribution in [0.3, 0.4) is 0 Å². The Labute approximate surface area is 284 Å². The topological polar surface area (TPSA) is 96.0 Å². The molecule has 4 aromatic carbocycles. The number of hydrogen-bond acceptors (Lipinski definition) is 5. The first-order valence-electron chi connectivity index (χ1n) is 16.6. The fraction of sp³-hybridized carbons (Fsp3) is 0.333. The van der Waals surface area contributed by atoms with Crippen molar-refractivity contribution in [1.82, 2.24) is 10.2 Å². The number of carbonyl (C=O) groups excluding carboxylic acids is 2. The van der Waals surface area contributed by atoms with Gasteiger partial charge in [-0.15, -0.1) is 0 Å². The van der Waals surface area contributed by atoms with Crippen molar-refractivity contribution in [1.29, 1.82) is 0 Å². The van der Waals surface area contributed by atoms with Crippen LogP contribution >= 0.6 is 0 Å². The van der Waals surface area contributed by atoms with Crippen LogP contribution in [0.2, 0.25) is 0 Å². The molecular formula is C39H45N3O5S. The number of nitrogens with one attached hydrogen (secondary N) is 1. The summed E-state index contributed by atoms with van der Waals surface area (Å²) in [5.41, 5.74) is 4.07. The van der Waals surface area contributed by atoms with E-state index in [4.69, 9.17) is 4.74 Å². The molecule has 0 aromatic heterocycles. The highest BCUT2D eigenvalue weighted by molar-refractivity contribution is 7.92. The maximum absolute atomic E-state index is 14.7. The molecule has 8 nitrogen and oxygen atoms in total. The highest BCUT2D eigenvalue weighted by Crippen LogP contribution is 2.27. The molecule has 1 fully saturated rings. The highest BCUT2D eigenvalue weighted by atomic mass is 32.2. The van der Waals surface area contributed by atoms with Gasteiger partial charge in [0.15, 0.2) is 0 Å². The summed E-state index contributed by atoms with van der Waals surface area (Å²) in [5.74, 6) is -0.188. The van der Waals surface area contributed by atoms with E-state index in [9.17, 15) is 18.0 Å². The number of methoxy groups -OCH3 is 1. The number of anilines is 1. The SMILES string of the molecule is COc1ccc(S(=O)(=O)N(CC(=O)N(Cc2ccccc2C)C(Cc2ccccc2)C(=O)NC2CCCCC2)c2ccc(C)cc2)cc1. The Hall–Kier alpha value is -4.63. The van der Waals surface area contributed by atoms with Crippen molar-refractivity contribution in [3.8, 4) is 5.75 Å². The van der Waals surface area contributed by atoms with Crippen molar-refractivity contribution in [2.24, 2.45) is 0 Å². The van der Waals surface area contributed by atoms with Gasteiger partial charge in [-0.3, -0.25) is 13.9 Å². The smallest absolute Gasteiger partial charge is 0.264 e. The van der Waals surface area contributed by atoms with Gasteiger partial charge in [-0.1, -0.05) is 91.6 Å². The van der Waals surface area contributed by atoms with Gasteiger partial charge in [0.25, 0.3) is 10.0 Å². The molecule has 48 heavy (non-hydrogen) atoms. The molecule has 0 radical (unpaired) electrons. The molecule has 252 valence electrons. The normalized spacial score (nSPS) is 14.1. The Bertz CT molecular complexity index is 1770. The van der Waals surface area contributed by atoms with Gasteiger partial charge < -0.3 is 15.0 Å². The molecule has 1 unspecified atom stereocenters. The predicted octanol–water partition coefficient (Wildman–Crippen LogP) is 6.60. The van der Waals surface area contributed by atoms with Crippen LogP contribution in [0, 0.1) is 13.8 Å². The lowest BCUT2D eigenvalue weighted by Gasteiger charge is -2.35. The minimum atomic E-state index is -4.20. The van der Waals surface area contributed by atoms with Gasteiger partial charge in [0.2, 0.25) is 11.8 Å². The molecule has 0 aliphatic heterocycles. The zero-order valence-corrected chi connectivity index (χ0v) is 28.8. The molecule has 0 heterocycles. The molecule has 1 atom stereocenters. The van der Waals surface area contributed by atoms with E-state index < -0.39 is 28.5 Å². The molecule has 4 aromatic rings. The molecule has 5 rings (SSSR count). The van der Waals surface area contributed by atoms with E-state index in [1.807, 2.05) is 80.6 Å². The van der Waals surface area contributed by atoms with Crippen LogP contribution in [-0.4, -0.2) is 50.9 Å². The Morgan fingerprint density at radius 1 is 0.833 bits per heavy atom. The molecule has 0 spiro atoms. The summed E-state index contributed by atoms with van der Waals surface area (Å²) in [6.07, 6.45) is 5.33. The van der Waals surface area contributed by atoms with Crippen molar-refractivity contribution in [3.63, 3.8) is 0 Å². The Kier molecular flexibility index (Phi) is 11.5. The second kappa shape index (κ2) is 16.0. The third-order valence-corrected chi connectivity index (χ3v) is 10.9. The number of benzene rings is 4. The number of carbonyl (C=O) groups is 2. The van der Waals surface area contributed by atoms with E-state index in [-0.39, 0.29) is 29.8 Å². The Morgan fingerprint density at radius 2 is 1.48 bits per heavy atom. The van der Waals surface area contributed by atoms with Gasteiger partial charge in [0, 0.05) is 19.0 Å². The lowest BCUT2D eigenvalue weighted by molar-refractivity contribution is -0.140. The summed E-state index contributed by atoms with van der Waals surface area (Å²) < 4.78 is 34.9. The van der Waals surface area contributed by atoms with E-state index in [0.29, 0.717) is 11.4 Å². The van der Waals surface area contributed by atoms with Crippen molar-refractivity contribution < 1.29 is 22.7 Å². The van der Waals surface area contributed by atoms with Crippen LogP contribution in [-0.2, 0) is 32.6 Å². The predicted molar refractivity (Wildman–Crippen MR) is 189 cm³/mol. The zero-order valence-electron chi connectivity index (χ0n) is 28.0. The summed E-state index contributed by atoms with van der Waals surface area (Å²) in [6, 6.07) is 29.7. The van der Waals surface area contributed by atoms with E-state index in [0.717, 1.165) is 58.7 Å². The number of rotatable bonds is 13. The largest absolute Gasteiger partial charge is 0.497 e. The number of ether oxygens (including phenoxy) is 1. The van der Waals surface area contributed by atoms with Crippen LogP contribution in [0.25, 0.3) is 0 Å². The number of hydrogen-bond donors (Lipinski definition) is 1. The molecule has 0 bridgehead atoms. The van der Waals surface area contributed by atoms with E-state index in [1.54, 1.807) is 29.2 Å². The van der Waals surface area contributed by atoms with Crippen molar-refractivity contribution in [2.45, 2.75) is 75.9 Å². The summed E-state index contributed by atoms with van der Waals surface area (Å²) in [5, 5.41) is 3.26. The van der Waals surface area contributed by atoms with Gasteiger partial charge in [-0.2, -0.15) is 0 Å². The number of amides is 2. The fourth-order valence-corrected chi connectivity index (χ4v) is 7.60. The second-order valence-electron chi connectivity index (χ2n) is 12.5. The fourth-order valence-electron chi connectivity index (χ4n) is 6.18. The molecule has 1 N–H and O–H groups in total. The monoisotopic (exact) mass is 667 g/mol. The third kappa shape index (κ3) is 8.63. The first kappa shape index (κ1) is 34.7. The van der Waals surface area contributed by atoms with E-state index >= 15 is 0 Å². The van der Waals surface area contributed by atoms with Crippen molar-refractivity contribution in [3.05, 3.63) is 125 Å². The van der Waals surface area contributed by atoms with Crippen LogP contribution in [0.4, 0.5) is 5.69 Å². The minimum Gasteiger partial charge on any atom is -0.497 e. The second-order valence-corrected chi connectivity index (χ2v) is 14.4. The van der Waals surface area contributed by atoms with Crippen LogP contribution < -0.4 is 14.4 Å². The summed E-state index contributed by atoms with van der Waals surface area (Å²) in [6.45, 7) is 3.54. The Balaban J connectivity index is 1.56. The van der Waals surface area contributed by atoms with Gasteiger partial charge in [0.1, 0.15) is 18.3 Å². The van der Waals surface area contributed by atoms with Gasteiger partial charge in [-0.05, 0) is 79.8 Å². The van der Waals surface area contributed by atoms with Gasteiger partial charge in [0.05, 0.1) is 17.7 Å². The summed E-state index contributed by atoms with van der Waals surface area (Å²) >= 11 is 0. The quantitative estimate of drug-likeness (QED) is 0.174. The molecule has 2 amide bonds. The molecule has 0 saturated heterocycles. The maximum Gasteiger partial charge on any atom is 0.264 e. The maximum atomic E-state index is 14.7. The average molecular weight is 668 g/mol. The number of aryl methyl sites for hydroxylation is 2. The lowest BCUT2D eigenvalue weighted by atomic mass is 9.94. The number of nitrogens with zero attached hydrogens (tertiary/aromatic N) is 2. The minimum absolute atomic E-state index is 0.0259. The third-order valence-electron chi connectivity index (χ3n) is 9.07. The van der Waals surface area contributed by atoms with Gasteiger partial charge in [-0.25, -0.2) is 8.42 Å². The molecule has 1 aliphatic carbocycles. The number of sulfonamides is 1. The van der Waals surface area contributed by atoms with E-state index in [2.05, 4.69) is 5.32 Å². The lowest BCUT2D eigenvalue weighted by Crippen LogP contribution is -2.55. The van der Waals surface area contributed by atoms with Crippen LogP contribution in [0.15, 0.2) is 108 Å². The van der Waals surface area contributed by atoms with Crippen molar-refractivity contribution >= 4 is 27.5 Å². The molecule has 1 saturated carbocycles. The molecule has 9 heteroatoms. The zero-order chi connectivity index (χ0) is 34.1. The average Bonchev–Trinajstić information content (AvgIpc) is 3.10. The Morgan fingerprint density at radius 3 is 2.12 bits per heavy atom.